The number of aromatic nitrogens is 2. The van der Waals surface area contributed by atoms with Gasteiger partial charge in [0.05, 0.1) is 17.6 Å². The first-order chi connectivity index (χ1) is 9.19. The predicted molar refractivity (Wildman–Crippen MR) is 80.1 cm³/mol. The van der Waals surface area contributed by atoms with E-state index in [0.717, 1.165) is 37.5 Å². The molecule has 0 saturated carbocycles. The molecule has 1 heterocycles. The number of nitrogens with zero attached hydrogens (tertiary/aromatic N) is 3. The number of imidazole rings is 1. The highest BCUT2D eigenvalue weighted by Gasteiger charge is 2.12. The summed E-state index contributed by atoms with van der Waals surface area (Å²) in [6, 6.07) is 6.44. The van der Waals surface area contributed by atoms with Crippen LogP contribution in [0.5, 0.6) is 0 Å². The molecule has 0 radical (unpaired) electrons. The van der Waals surface area contributed by atoms with Crippen LogP contribution < -0.4 is 5.73 Å². The maximum absolute atomic E-state index is 5.74. The molecule has 1 aromatic heterocycles. The number of aryl methyl sites for hydroxylation is 1. The lowest BCUT2D eigenvalue weighted by Gasteiger charge is -2.18. The van der Waals surface area contributed by atoms with Crippen molar-refractivity contribution in [3.63, 3.8) is 0 Å². The summed E-state index contributed by atoms with van der Waals surface area (Å²) in [7, 11) is 0. The Morgan fingerprint density at radius 2 is 2.00 bits per heavy atom. The molecule has 0 spiro atoms. The van der Waals surface area contributed by atoms with Crippen molar-refractivity contribution in [3.8, 4) is 0 Å². The van der Waals surface area contributed by atoms with Crippen LogP contribution in [0, 0.1) is 6.92 Å². The van der Waals surface area contributed by atoms with Crippen LogP contribution in [-0.4, -0.2) is 34.1 Å². The zero-order valence-corrected chi connectivity index (χ0v) is 12.2. The maximum atomic E-state index is 5.74. The molecule has 0 aliphatic rings. The molecule has 2 aromatic rings. The van der Waals surface area contributed by atoms with Crippen molar-refractivity contribution in [2.24, 2.45) is 5.73 Å². The fourth-order valence-electron chi connectivity index (χ4n) is 2.44. The van der Waals surface area contributed by atoms with Gasteiger partial charge in [0.2, 0.25) is 0 Å². The number of fused-ring (bicyclic) bond motifs is 1. The van der Waals surface area contributed by atoms with Gasteiger partial charge >= 0.3 is 0 Å². The Morgan fingerprint density at radius 1 is 1.26 bits per heavy atom. The second-order valence-electron chi connectivity index (χ2n) is 4.92. The zero-order chi connectivity index (χ0) is 13.8. The number of benzene rings is 1. The van der Waals surface area contributed by atoms with Gasteiger partial charge in [0.25, 0.3) is 0 Å². The number of hydrogen-bond acceptors (Lipinski definition) is 3. The van der Waals surface area contributed by atoms with Gasteiger partial charge in [-0.3, -0.25) is 4.90 Å². The minimum absolute atomic E-state index is 0.643. The third kappa shape index (κ3) is 2.96. The Morgan fingerprint density at radius 3 is 2.63 bits per heavy atom. The summed E-state index contributed by atoms with van der Waals surface area (Å²) in [5, 5.41) is 0. The Labute approximate surface area is 115 Å². The zero-order valence-electron chi connectivity index (χ0n) is 12.2. The van der Waals surface area contributed by atoms with Gasteiger partial charge in [0, 0.05) is 13.1 Å². The molecule has 104 valence electrons. The van der Waals surface area contributed by atoms with Crippen LogP contribution in [-0.2, 0) is 13.1 Å². The molecule has 0 bridgehead atoms. The van der Waals surface area contributed by atoms with Crippen LogP contribution in [0.25, 0.3) is 11.0 Å². The molecule has 4 heteroatoms. The molecule has 2 rings (SSSR count). The molecule has 19 heavy (non-hydrogen) atoms. The largest absolute Gasteiger partial charge is 0.329 e. The second kappa shape index (κ2) is 6.17. The first-order valence-corrected chi connectivity index (χ1v) is 7.07. The van der Waals surface area contributed by atoms with Gasteiger partial charge in [0.1, 0.15) is 5.82 Å². The Bertz CT molecular complexity index is 540. The topological polar surface area (TPSA) is 47.1 Å². The second-order valence-corrected chi connectivity index (χ2v) is 4.92. The summed E-state index contributed by atoms with van der Waals surface area (Å²) in [5.74, 6) is 1.12. The van der Waals surface area contributed by atoms with Gasteiger partial charge in [-0.05, 0) is 37.7 Å². The van der Waals surface area contributed by atoms with E-state index in [9.17, 15) is 0 Å². The highest BCUT2D eigenvalue weighted by molar-refractivity contribution is 5.76. The SMILES string of the molecule is CCN(CC)Cc1nc2cc(C)ccc2n1CCN. The summed E-state index contributed by atoms with van der Waals surface area (Å²) in [4.78, 5) is 7.17. The molecular weight excluding hydrogens is 236 g/mol. The minimum atomic E-state index is 0.643. The Hall–Kier alpha value is -1.39. The van der Waals surface area contributed by atoms with Gasteiger partial charge in [0.15, 0.2) is 0 Å². The number of rotatable bonds is 6. The fourth-order valence-corrected chi connectivity index (χ4v) is 2.44. The van der Waals surface area contributed by atoms with E-state index in [0.29, 0.717) is 6.54 Å². The summed E-state index contributed by atoms with van der Waals surface area (Å²) >= 11 is 0. The highest BCUT2D eigenvalue weighted by Crippen LogP contribution is 2.18. The minimum Gasteiger partial charge on any atom is -0.329 e. The average molecular weight is 260 g/mol. The van der Waals surface area contributed by atoms with E-state index in [1.165, 1.54) is 11.1 Å². The van der Waals surface area contributed by atoms with Gasteiger partial charge in [-0.25, -0.2) is 4.98 Å². The van der Waals surface area contributed by atoms with Gasteiger partial charge in [-0.1, -0.05) is 19.9 Å². The van der Waals surface area contributed by atoms with E-state index in [4.69, 9.17) is 10.7 Å². The van der Waals surface area contributed by atoms with Crippen molar-refractivity contribution < 1.29 is 0 Å². The lowest BCUT2D eigenvalue weighted by atomic mass is 10.2. The molecule has 0 aliphatic carbocycles. The first kappa shape index (κ1) is 14.0. The monoisotopic (exact) mass is 260 g/mol. The standard InChI is InChI=1S/C15H24N4/c1-4-18(5-2)11-15-17-13-10-12(3)6-7-14(13)19(15)9-8-16/h6-7,10H,4-5,8-9,11,16H2,1-3H3. The van der Waals surface area contributed by atoms with Gasteiger partial charge in [-0.2, -0.15) is 0 Å². The summed E-state index contributed by atoms with van der Waals surface area (Å²) in [6.45, 7) is 10.9. The predicted octanol–water partition coefficient (Wildman–Crippen LogP) is 2.15. The molecule has 0 amide bonds. The van der Waals surface area contributed by atoms with E-state index >= 15 is 0 Å². The first-order valence-electron chi connectivity index (χ1n) is 7.07. The normalized spacial score (nSPS) is 11.6. The lowest BCUT2D eigenvalue weighted by molar-refractivity contribution is 0.284. The number of nitrogens with two attached hydrogens (primary N) is 1. The third-order valence-corrected chi connectivity index (χ3v) is 3.59. The average Bonchev–Trinajstić information content (AvgIpc) is 2.73. The quantitative estimate of drug-likeness (QED) is 0.865. The van der Waals surface area contributed by atoms with Crippen molar-refractivity contribution in [1.82, 2.24) is 14.5 Å². The molecule has 1 aromatic carbocycles. The molecule has 2 N–H and O–H groups in total. The molecule has 4 nitrogen and oxygen atoms in total. The van der Waals surface area contributed by atoms with Crippen molar-refractivity contribution in [3.05, 3.63) is 29.6 Å². The summed E-state index contributed by atoms with van der Waals surface area (Å²) in [6.07, 6.45) is 0. The number of hydrogen-bond donors (Lipinski definition) is 1. The van der Waals surface area contributed by atoms with E-state index in [1.54, 1.807) is 0 Å². The molecular formula is C15H24N4. The Kier molecular flexibility index (Phi) is 4.56. The molecule has 0 saturated heterocycles. The van der Waals surface area contributed by atoms with Gasteiger partial charge < -0.3 is 10.3 Å². The van der Waals surface area contributed by atoms with E-state index in [1.807, 2.05) is 0 Å². The Balaban J connectivity index is 2.43. The van der Waals surface area contributed by atoms with E-state index in [2.05, 4.69) is 48.4 Å². The molecule has 0 aliphatic heterocycles. The van der Waals surface area contributed by atoms with Crippen LogP contribution in [0.3, 0.4) is 0 Å². The van der Waals surface area contributed by atoms with Crippen molar-refractivity contribution in [2.45, 2.75) is 33.9 Å². The lowest BCUT2D eigenvalue weighted by Crippen LogP contribution is -2.25. The summed E-state index contributed by atoms with van der Waals surface area (Å²) in [5.41, 5.74) is 9.26. The van der Waals surface area contributed by atoms with Crippen molar-refractivity contribution in [1.29, 1.82) is 0 Å². The van der Waals surface area contributed by atoms with Crippen LogP contribution in [0.2, 0.25) is 0 Å². The van der Waals surface area contributed by atoms with Gasteiger partial charge in [-0.15, -0.1) is 0 Å². The van der Waals surface area contributed by atoms with Crippen LogP contribution in [0.4, 0.5) is 0 Å². The van der Waals surface area contributed by atoms with Crippen LogP contribution in [0.15, 0.2) is 18.2 Å². The van der Waals surface area contributed by atoms with Crippen molar-refractivity contribution >= 4 is 11.0 Å². The van der Waals surface area contributed by atoms with E-state index < -0.39 is 0 Å². The maximum Gasteiger partial charge on any atom is 0.124 e. The fraction of sp³-hybridized carbons (Fsp3) is 0.533. The highest BCUT2D eigenvalue weighted by atomic mass is 15.2. The third-order valence-electron chi connectivity index (χ3n) is 3.59. The molecule has 0 unspecified atom stereocenters. The van der Waals surface area contributed by atoms with E-state index in [-0.39, 0.29) is 0 Å². The smallest absolute Gasteiger partial charge is 0.124 e. The summed E-state index contributed by atoms with van der Waals surface area (Å²) < 4.78 is 2.26. The van der Waals surface area contributed by atoms with Crippen molar-refractivity contribution in [2.75, 3.05) is 19.6 Å². The van der Waals surface area contributed by atoms with Crippen LogP contribution >= 0.6 is 0 Å². The van der Waals surface area contributed by atoms with Crippen LogP contribution in [0.1, 0.15) is 25.2 Å². The molecule has 0 fully saturated rings. The molecule has 0 atom stereocenters.